The van der Waals surface area contributed by atoms with Crippen LogP contribution < -0.4 is 15.8 Å². The van der Waals surface area contributed by atoms with E-state index in [0.717, 1.165) is 61.4 Å². The van der Waals surface area contributed by atoms with Crippen LogP contribution >= 0.6 is 0 Å². The van der Waals surface area contributed by atoms with Crippen molar-refractivity contribution in [2.24, 2.45) is 0 Å². The van der Waals surface area contributed by atoms with Crippen LogP contribution in [0.15, 0.2) is 59.4 Å². The molecule has 0 amide bonds. The van der Waals surface area contributed by atoms with Crippen LogP contribution in [0.25, 0.3) is 10.9 Å². The number of fused-ring (bicyclic) bond motifs is 1. The van der Waals surface area contributed by atoms with Crippen molar-refractivity contribution >= 4 is 28.0 Å². The highest BCUT2D eigenvalue weighted by Crippen LogP contribution is 2.32. The number of hydrogen-bond acceptors (Lipinski definition) is 4. The van der Waals surface area contributed by atoms with Crippen molar-refractivity contribution in [2.45, 2.75) is 31.7 Å². The van der Waals surface area contributed by atoms with Gasteiger partial charge in [-0.3, -0.25) is 4.79 Å². The molecule has 2 fully saturated rings. The Labute approximate surface area is 170 Å². The fraction of sp³-hybridized carbons (Fsp3) is 0.375. The number of nitrogens with one attached hydrogen (secondary N) is 1. The molecule has 1 saturated heterocycles. The molecule has 29 heavy (non-hydrogen) atoms. The highest BCUT2D eigenvalue weighted by Gasteiger charge is 2.19. The Kier molecular flexibility index (Phi) is 4.98. The Morgan fingerprint density at radius 1 is 0.862 bits per heavy atom. The van der Waals surface area contributed by atoms with Crippen molar-refractivity contribution < 1.29 is 4.74 Å². The first-order chi connectivity index (χ1) is 14.3. The van der Waals surface area contributed by atoms with Crippen molar-refractivity contribution in [3.05, 3.63) is 65.0 Å². The SMILES string of the molecule is O=c1ccc2ccc(Nc3ccc(N4CCOCC4)cc3)cc2n1C1CCCC1. The van der Waals surface area contributed by atoms with Gasteiger partial charge in [0.1, 0.15) is 0 Å². The lowest BCUT2D eigenvalue weighted by atomic mass is 10.1. The monoisotopic (exact) mass is 389 g/mol. The number of morpholine rings is 1. The van der Waals surface area contributed by atoms with E-state index in [9.17, 15) is 4.79 Å². The Morgan fingerprint density at radius 2 is 1.55 bits per heavy atom. The Hall–Kier alpha value is -2.79. The molecule has 1 aliphatic heterocycles. The van der Waals surface area contributed by atoms with Gasteiger partial charge in [0, 0.05) is 42.3 Å². The van der Waals surface area contributed by atoms with E-state index in [1.165, 1.54) is 18.5 Å². The van der Waals surface area contributed by atoms with Crippen LogP contribution in [0.3, 0.4) is 0 Å². The van der Waals surface area contributed by atoms with Crippen molar-refractivity contribution in [3.63, 3.8) is 0 Å². The van der Waals surface area contributed by atoms with Crippen molar-refractivity contribution in [1.82, 2.24) is 4.57 Å². The van der Waals surface area contributed by atoms with Crippen molar-refractivity contribution in [1.29, 1.82) is 0 Å². The van der Waals surface area contributed by atoms with Gasteiger partial charge in [0.2, 0.25) is 0 Å². The van der Waals surface area contributed by atoms with Crippen LogP contribution in [0.2, 0.25) is 0 Å². The fourth-order valence-electron chi connectivity index (χ4n) is 4.61. The molecule has 0 spiro atoms. The van der Waals surface area contributed by atoms with Gasteiger partial charge in [-0.2, -0.15) is 0 Å². The van der Waals surface area contributed by atoms with E-state index in [1.54, 1.807) is 6.07 Å². The third kappa shape index (κ3) is 3.75. The largest absolute Gasteiger partial charge is 0.378 e. The molecule has 1 aromatic heterocycles. The predicted molar refractivity (Wildman–Crippen MR) is 118 cm³/mol. The van der Waals surface area contributed by atoms with Gasteiger partial charge in [-0.25, -0.2) is 0 Å². The first kappa shape index (κ1) is 18.3. The van der Waals surface area contributed by atoms with E-state index >= 15 is 0 Å². The standard InChI is InChI=1S/C24H27N3O2/c28-24-12-6-18-5-7-20(17-23(18)27(24)22-3-1-2-4-22)25-19-8-10-21(11-9-19)26-13-15-29-16-14-26/h5-12,17,22,25H,1-4,13-16H2. The number of ether oxygens (including phenoxy) is 1. The second-order valence-electron chi connectivity index (χ2n) is 8.02. The zero-order valence-corrected chi connectivity index (χ0v) is 16.6. The molecular weight excluding hydrogens is 362 g/mol. The molecular formula is C24H27N3O2. The molecule has 1 saturated carbocycles. The topological polar surface area (TPSA) is 46.5 Å². The third-order valence-electron chi connectivity index (χ3n) is 6.15. The van der Waals surface area contributed by atoms with Crippen LogP contribution in [-0.4, -0.2) is 30.9 Å². The molecule has 2 aliphatic rings. The van der Waals surface area contributed by atoms with E-state index in [-0.39, 0.29) is 5.56 Å². The minimum Gasteiger partial charge on any atom is -0.378 e. The highest BCUT2D eigenvalue weighted by atomic mass is 16.5. The Bertz CT molecular complexity index is 1050. The molecule has 0 radical (unpaired) electrons. The van der Waals surface area contributed by atoms with Gasteiger partial charge in [0.15, 0.2) is 0 Å². The second-order valence-corrected chi connectivity index (χ2v) is 8.02. The molecule has 150 valence electrons. The normalized spacial score (nSPS) is 17.7. The molecule has 0 unspecified atom stereocenters. The van der Waals surface area contributed by atoms with E-state index in [2.05, 4.69) is 52.7 Å². The quantitative estimate of drug-likeness (QED) is 0.703. The van der Waals surface area contributed by atoms with Gasteiger partial charge < -0.3 is 19.5 Å². The average Bonchev–Trinajstić information content (AvgIpc) is 3.29. The fourth-order valence-corrected chi connectivity index (χ4v) is 4.61. The van der Waals surface area contributed by atoms with Gasteiger partial charge in [-0.05, 0) is 60.7 Å². The molecule has 2 heterocycles. The molecule has 5 rings (SSSR count). The molecule has 5 heteroatoms. The lowest BCUT2D eigenvalue weighted by Crippen LogP contribution is -2.36. The summed E-state index contributed by atoms with van der Waals surface area (Å²) in [6.07, 6.45) is 4.61. The maximum Gasteiger partial charge on any atom is 0.251 e. The second kappa shape index (κ2) is 7.91. The minimum absolute atomic E-state index is 0.108. The number of pyridine rings is 1. The first-order valence-corrected chi connectivity index (χ1v) is 10.6. The summed E-state index contributed by atoms with van der Waals surface area (Å²) in [5.41, 5.74) is 4.42. The average molecular weight is 389 g/mol. The van der Waals surface area contributed by atoms with Gasteiger partial charge in [-0.1, -0.05) is 18.9 Å². The van der Waals surface area contributed by atoms with Crippen LogP contribution in [-0.2, 0) is 4.74 Å². The zero-order chi connectivity index (χ0) is 19.6. The lowest BCUT2D eigenvalue weighted by molar-refractivity contribution is 0.122. The minimum atomic E-state index is 0.108. The predicted octanol–water partition coefficient (Wildman–Crippen LogP) is 4.70. The highest BCUT2D eigenvalue weighted by molar-refractivity contribution is 5.84. The van der Waals surface area contributed by atoms with Crippen LogP contribution in [0.5, 0.6) is 0 Å². The summed E-state index contributed by atoms with van der Waals surface area (Å²) < 4.78 is 7.44. The Balaban J connectivity index is 1.41. The smallest absolute Gasteiger partial charge is 0.251 e. The summed E-state index contributed by atoms with van der Waals surface area (Å²) in [4.78, 5) is 15.0. The number of nitrogens with zero attached hydrogens (tertiary/aromatic N) is 2. The molecule has 2 aromatic carbocycles. The van der Waals surface area contributed by atoms with Crippen molar-refractivity contribution in [2.75, 3.05) is 36.5 Å². The lowest BCUT2D eigenvalue weighted by Gasteiger charge is -2.29. The molecule has 5 nitrogen and oxygen atoms in total. The molecule has 0 bridgehead atoms. The van der Waals surface area contributed by atoms with Gasteiger partial charge in [0.05, 0.1) is 18.7 Å². The van der Waals surface area contributed by atoms with Crippen LogP contribution in [0.1, 0.15) is 31.7 Å². The summed E-state index contributed by atoms with van der Waals surface area (Å²) in [5.74, 6) is 0. The number of anilines is 3. The molecule has 3 aromatic rings. The maximum atomic E-state index is 12.6. The zero-order valence-electron chi connectivity index (χ0n) is 16.6. The van der Waals surface area contributed by atoms with Gasteiger partial charge in [0.25, 0.3) is 5.56 Å². The van der Waals surface area contributed by atoms with Gasteiger partial charge >= 0.3 is 0 Å². The van der Waals surface area contributed by atoms with E-state index in [0.29, 0.717) is 6.04 Å². The van der Waals surface area contributed by atoms with Crippen LogP contribution in [0.4, 0.5) is 17.1 Å². The van der Waals surface area contributed by atoms with Crippen molar-refractivity contribution in [3.8, 4) is 0 Å². The first-order valence-electron chi connectivity index (χ1n) is 10.6. The Morgan fingerprint density at radius 3 is 2.31 bits per heavy atom. The summed E-state index contributed by atoms with van der Waals surface area (Å²) >= 11 is 0. The maximum absolute atomic E-state index is 12.6. The number of benzene rings is 2. The number of aromatic nitrogens is 1. The number of rotatable bonds is 4. The van der Waals surface area contributed by atoms with E-state index < -0.39 is 0 Å². The molecule has 0 atom stereocenters. The summed E-state index contributed by atoms with van der Waals surface area (Å²) in [5, 5.41) is 4.62. The van der Waals surface area contributed by atoms with E-state index in [1.807, 2.05) is 10.6 Å². The number of hydrogen-bond donors (Lipinski definition) is 1. The summed E-state index contributed by atoms with van der Waals surface area (Å²) in [7, 11) is 0. The summed E-state index contributed by atoms with van der Waals surface area (Å²) in [6, 6.07) is 18.8. The summed E-state index contributed by atoms with van der Waals surface area (Å²) in [6.45, 7) is 3.46. The van der Waals surface area contributed by atoms with E-state index in [4.69, 9.17) is 4.74 Å². The van der Waals surface area contributed by atoms with Gasteiger partial charge in [-0.15, -0.1) is 0 Å². The van der Waals surface area contributed by atoms with Crippen LogP contribution in [0, 0.1) is 0 Å². The molecule has 1 aliphatic carbocycles. The third-order valence-corrected chi connectivity index (χ3v) is 6.15. The molecule has 1 N–H and O–H groups in total.